The number of nitrogens with two attached hydrogens (primary N) is 1. The molecule has 0 spiro atoms. The smallest absolute Gasteiger partial charge is 0.224 e. The van der Waals surface area contributed by atoms with Crippen LogP contribution in [0.25, 0.3) is 0 Å². The number of benzene rings is 1. The molecule has 3 N–H and O–H groups in total. The molecule has 1 aliphatic rings. The first-order chi connectivity index (χ1) is 8.12. The van der Waals surface area contributed by atoms with Gasteiger partial charge in [0.05, 0.1) is 5.41 Å². The van der Waals surface area contributed by atoms with Crippen LogP contribution in [0.15, 0.2) is 24.3 Å². The van der Waals surface area contributed by atoms with E-state index in [0.29, 0.717) is 6.54 Å². The largest absolute Gasteiger partial charge is 0.369 e. The van der Waals surface area contributed by atoms with Crippen LogP contribution in [-0.4, -0.2) is 19.0 Å². The van der Waals surface area contributed by atoms with E-state index in [-0.39, 0.29) is 11.3 Å². The van der Waals surface area contributed by atoms with Crippen LogP contribution in [0.4, 0.5) is 0 Å². The number of hydrogen-bond acceptors (Lipinski definition) is 2. The first-order valence-corrected chi connectivity index (χ1v) is 6.10. The van der Waals surface area contributed by atoms with Gasteiger partial charge in [-0.05, 0) is 30.5 Å². The Labute approximate surface area is 106 Å². The van der Waals surface area contributed by atoms with Crippen molar-refractivity contribution in [3.8, 4) is 0 Å². The van der Waals surface area contributed by atoms with Crippen molar-refractivity contribution in [2.45, 2.75) is 12.8 Å². The number of amides is 1. The minimum absolute atomic E-state index is 0.187. The van der Waals surface area contributed by atoms with E-state index in [4.69, 9.17) is 17.3 Å². The zero-order valence-electron chi connectivity index (χ0n) is 9.58. The Morgan fingerprint density at radius 1 is 1.53 bits per heavy atom. The molecule has 0 bridgehead atoms. The predicted molar refractivity (Wildman–Crippen MR) is 68.6 cm³/mol. The van der Waals surface area contributed by atoms with Gasteiger partial charge in [0.2, 0.25) is 5.91 Å². The molecule has 0 unspecified atom stereocenters. The van der Waals surface area contributed by atoms with Gasteiger partial charge in [-0.1, -0.05) is 23.7 Å². The monoisotopic (exact) mass is 251 g/mol. The number of carbonyl (C=O) groups is 1. The Kier molecular flexibility index (Phi) is 3.69. The zero-order valence-corrected chi connectivity index (χ0v) is 10.3. The summed E-state index contributed by atoms with van der Waals surface area (Å²) in [6.07, 6.45) is 3.86. The number of halogens is 1. The van der Waals surface area contributed by atoms with E-state index in [9.17, 15) is 4.79 Å². The van der Waals surface area contributed by atoms with Crippen molar-refractivity contribution in [1.29, 1.82) is 0 Å². The molecule has 1 radical (unpaired) electrons. The highest BCUT2D eigenvalue weighted by atomic mass is 35.5. The minimum Gasteiger partial charge on any atom is -0.369 e. The van der Waals surface area contributed by atoms with Crippen LogP contribution in [0.3, 0.4) is 0 Å². The molecule has 1 aromatic carbocycles. The normalized spacial score (nSPS) is 16.8. The van der Waals surface area contributed by atoms with Crippen molar-refractivity contribution in [2.75, 3.05) is 13.1 Å². The van der Waals surface area contributed by atoms with Gasteiger partial charge in [-0.3, -0.25) is 4.79 Å². The molecule has 2 rings (SSSR count). The van der Waals surface area contributed by atoms with Gasteiger partial charge >= 0.3 is 0 Å². The number of nitrogens with one attached hydrogen (secondary N) is 1. The topological polar surface area (TPSA) is 55.1 Å². The molecule has 0 heterocycles. The summed E-state index contributed by atoms with van der Waals surface area (Å²) in [4.78, 5) is 11.1. The Bertz CT molecular complexity index is 416. The molecule has 1 aromatic rings. The van der Waals surface area contributed by atoms with Crippen molar-refractivity contribution in [3.05, 3.63) is 41.3 Å². The van der Waals surface area contributed by atoms with Gasteiger partial charge in [0.25, 0.3) is 0 Å². The lowest BCUT2D eigenvalue weighted by molar-refractivity contribution is -0.122. The van der Waals surface area contributed by atoms with Gasteiger partial charge in [0, 0.05) is 24.5 Å². The lowest BCUT2D eigenvalue weighted by atomic mass is 10.1. The maximum atomic E-state index is 11.1. The van der Waals surface area contributed by atoms with E-state index < -0.39 is 0 Å². The van der Waals surface area contributed by atoms with Crippen LogP contribution in [0, 0.1) is 11.8 Å². The second kappa shape index (κ2) is 5.07. The molecule has 4 heteroatoms. The van der Waals surface area contributed by atoms with Crippen molar-refractivity contribution in [1.82, 2.24) is 5.32 Å². The SMILES string of the molecule is NC(=O)C1(CNC[CH]c2cccc(Cl)c2)CC1. The average Bonchev–Trinajstić information content (AvgIpc) is 3.06. The molecule has 91 valence electrons. The second-order valence-electron chi connectivity index (χ2n) is 4.53. The summed E-state index contributed by atoms with van der Waals surface area (Å²) in [7, 11) is 0. The molecule has 0 aromatic heterocycles. The van der Waals surface area contributed by atoms with E-state index in [1.54, 1.807) is 0 Å². The quantitative estimate of drug-likeness (QED) is 0.757. The molecule has 1 saturated carbocycles. The fourth-order valence-electron chi connectivity index (χ4n) is 1.80. The second-order valence-corrected chi connectivity index (χ2v) is 4.97. The van der Waals surface area contributed by atoms with Gasteiger partial charge in [0.1, 0.15) is 0 Å². The molecule has 1 fully saturated rings. The van der Waals surface area contributed by atoms with Crippen molar-refractivity contribution in [2.24, 2.45) is 11.1 Å². The highest BCUT2D eigenvalue weighted by molar-refractivity contribution is 6.30. The van der Waals surface area contributed by atoms with E-state index >= 15 is 0 Å². The Balaban J connectivity index is 1.72. The average molecular weight is 252 g/mol. The van der Waals surface area contributed by atoms with Crippen LogP contribution < -0.4 is 11.1 Å². The predicted octanol–water partition coefficient (Wildman–Crippen LogP) is 1.75. The summed E-state index contributed by atoms with van der Waals surface area (Å²) in [5.74, 6) is -0.187. The summed E-state index contributed by atoms with van der Waals surface area (Å²) in [6.45, 7) is 1.38. The number of primary amides is 1. The highest BCUT2D eigenvalue weighted by Gasteiger charge is 2.47. The Hall–Kier alpha value is -1.06. The third kappa shape index (κ3) is 3.20. The minimum atomic E-state index is -0.276. The van der Waals surface area contributed by atoms with Crippen LogP contribution in [0.5, 0.6) is 0 Å². The van der Waals surface area contributed by atoms with E-state index in [0.717, 1.165) is 30.0 Å². The molecule has 1 amide bonds. The molecule has 0 aliphatic heterocycles. The van der Waals surface area contributed by atoms with Gasteiger partial charge in [-0.2, -0.15) is 0 Å². The van der Waals surface area contributed by atoms with Gasteiger partial charge < -0.3 is 11.1 Å². The summed E-state index contributed by atoms with van der Waals surface area (Å²) >= 11 is 5.88. The van der Waals surface area contributed by atoms with Crippen LogP contribution in [0.1, 0.15) is 18.4 Å². The standard InChI is InChI=1S/C13H16ClN2O/c14-11-3-1-2-10(8-11)4-7-16-9-13(5-6-13)12(15)17/h1-4,8,16H,5-7,9H2,(H2,15,17). The van der Waals surface area contributed by atoms with Crippen LogP contribution in [0.2, 0.25) is 5.02 Å². The van der Waals surface area contributed by atoms with Gasteiger partial charge in [-0.25, -0.2) is 0 Å². The van der Waals surface area contributed by atoms with Crippen LogP contribution in [-0.2, 0) is 4.79 Å². The number of carbonyl (C=O) groups excluding carboxylic acids is 1. The maximum Gasteiger partial charge on any atom is 0.224 e. The summed E-state index contributed by atoms with van der Waals surface area (Å²) in [5, 5.41) is 3.97. The van der Waals surface area contributed by atoms with E-state index in [1.807, 2.05) is 30.7 Å². The number of rotatable bonds is 6. The third-order valence-corrected chi connectivity index (χ3v) is 3.41. The summed E-state index contributed by atoms with van der Waals surface area (Å²) in [6, 6.07) is 7.66. The highest BCUT2D eigenvalue weighted by Crippen LogP contribution is 2.44. The lowest BCUT2D eigenvalue weighted by Gasteiger charge is -2.11. The molecule has 0 saturated heterocycles. The third-order valence-electron chi connectivity index (χ3n) is 3.17. The summed E-state index contributed by atoms with van der Waals surface area (Å²) in [5.41, 5.74) is 6.14. The van der Waals surface area contributed by atoms with E-state index in [2.05, 4.69) is 5.32 Å². The first kappa shape index (κ1) is 12.4. The first-order valence-electron chi connectivity index (χ1n) is 5.72. The van der Waals surface area contributed by atoms with Gasteiger partial charge in [-0.15, -0.1) is 0 Å². The number of hydrogen-bond donors (Lipinski definition) is 2. The Morgan fingerprint density at radius 3 is 2.88 bits per heavy atom. The molecular formula is C13H16ClN2O. The lowest BCUT2D eigenvalue weighted by Crippen LogP contribution is -2.35. The molecular weight excluding hydrogens is 236 g/mol. The van der Waals surface area contributed by atoms with E-state index in [1.165, 1.54) is 0 Å². The molecule has 17 heavy (non-hydrogen) atoms. The zero-order chi connectivity index (χ0) is 12.3. The molecule has 0 atom stereocenters. The van der Waals surface area contributed by atoms with Crippen molar-refractivity contribution in [3.63, 3.8) is 0 Å². The van der Waals surface area contributed by atoms with Crippen molar-refractivity contribution < 1.29 is 4.79 Å². The molecule has 3 nitrogen and oxygen atoms in total. The summed E-state index contributed by atoms with van der Waals surface area (Å²) < 4.78 is 0. The fourth-order valence-corrected chi connectivity index (χ4v) is 1.99. The van der Waals surface area contributed by atoms with Crippen molar-refractivity contribution >= 4 is 17.5 Å². The van der Waals surface area contributed by atoms with Crippen LogP contribution >= 0.6 is 11.6 Å². The maximum absolute atomic E-state index is 11.1. The Morgan fingerprint density at radius 2 is 2.29 bits per heavy atom. The molecule has 1 aliphatic carbocycles. The fraction of sp³-hybridized carbons (Fsp3) is 0.385. The van der Waals surface area contributed by atoms with Gasteiger partial charge in [0.15, 0.2) is 0 Å².